The van der Waals surface area contributed by atoms with Crippen LogP contribution in [0.5, 0.6) is 0 Å². The third-order valence-corrected chi connectivity index (χ3v) is 3.33. The summed E-state index contributed by atoms with van der Waals surface area (Å²) in [5, 5.41) is 3.29. The summed E-state index contributed by atoms with van der Waals surface area (Å²) in [4.78, 5) is 28.5. The molecule has 21 heavy (non-hydrogen) atoms. The van der Waals surface area contributed by atoms with Gasteiger partial charge < -0.3 is 10.1 Å². The number of rotatable bonds is 6. The van der Waals surface area contributed by atoms with Gasteiger partial charge >= 0.3 is 6.09 Å². The van der Waals surface area contributed by atoms with Crippen molar-refractivity contribution in [1.82, 2.24) is 10.4 Å². The first-order valence-electron chi connectivity index (χ1n) is 6.34. The molecule has 0 heterocycles. The number of carbonyl (C=O) groups excluding carboxylic acids is 2. The van der Waals surface area contributed by atoms with E-state index in [4.69, 9.17) is 9.57 Å². The maximum Gasteiger partial charge on any atom is 0.408 e. The minimum Gasteiger partial charge on any atom is -0.444 e. The molecule has 0 aliphatic heterocycles. The van der Waals surface area contributed by atoms with Gasteiger partial charge in [-0.15, -0.1) is 0 Å². The molecule has 0 bridgehead atoms. The Morgan fingerprint density at radius 1 is 1.29 bits per heavy atom. The Kier molecular flexibility index (Phi) is 7.11. The lowest BCUT2D eigenvalue weighted by Gasteiger charge is -2.25. The Morgan fingerprint density at radius 2 is 1.81 bits per heavy atom. The van der Waals surface area contributed by atoms with Gasteiger partial charge in [0.1, 0.15) is 21.5 Å². The van der Waals surface area contributed by atoms with E-state index in [2.05, 4.69) is 5.32 Å². The summed E-state index contributed by atoms with van der Waals surface area (Å²) in [6.07, 6.45) is 0.200. The standard InChI is InChI=1S/C12H24N2O6S/c1-12(2,3)20-11(16)13-9(7-8-21(6,17)18)10(15)14(4)19-5/h9H,7-8H2,1-6H3,(H,13,16)/t9-/m0/s1. The fourth-order valence-corrected chi connectivity index (χ4v) is 2.01. The summed E-state index contributed by atoms with van der Waals surface area (Å²) in [5.74, 6) is -0.802. The highest BCUT2D eigenvalue weighted by Gasteiger charge is 2.27. The number of ether oxygens (including phenoxy) is 1. The van der Waals surface area contributed by atoms with E-state index in [1.165, 1.54) is 14.2 Å². The molecule has 124 valence electrons. The third-order valence-electron chi connectivity index (χ3n) is 2.35. The van der Waals surface area contributed by atoms with Gasteiger partial charge in [-0.2, -0.15) is 0 Å². The van der Waals surface area contributed by atoms with Crippen molar-refractivity contribution < 1.29 is 27.6 Å². The Bertz CT molecular complexity index is 469. The Balaban J connectivity index is 4.88. The largest absolute Gasteiger partial charge is 0.444 e. The SMILES string of the molecule is CON(C)C(=O)[C@H](CCS(C)(=O)=O)NC(=O)OC(C)(C)C. The summed E-state index contributed by atoms with van der Waals surface area (Å²) < 4.78 is 27.5. The Hall–Kier alpha value is -1.35. The zero-order valence-electron chi connectivity index (χ0n) is 13.3. The molecule has 0 aromatic rings. The second-order valence-corrected chi connectivity index (χ2v) is 7.90. The topological polar surface area (TPSA) is 102 Å². The van der Waals surface area contributed by atoms with Gasteiger partial charge in [-0.1, -0.05) is 0 Å². The number of hydrogen-bond donors (Lipinski definition) is 1. The average molecular weight is 324 g/mol. The van der Waals surface area contributed by atoms with Crippen LogP contribution in [0, 0.1) is 0 Å². The van der Waals surface area contributed by atoms with Crippen LogP contribution in [0.15, 0.2) is 0 Å². The fourth-order valence-electron chi connectivity index (χ4n) is 1.35. The highest BCUT2D eigenvalue weighted by Crippen LogP contribution is 2.08. The first-order chi connectivity index (χ1) is 9.35. The Labute approximate surface area is 125 Å². The zero-order chi connectivity index (χ0) is 16.8. The smallest absolute Gasteiger partial charge is 0.408 e. The predicted molar refractivity (Wildman–Crippen MR) is 77.3 cm³/mol. The van der Waals surface area contributed by atoms with Crippen LogP contribution in [-0.2, 0) is 24.2 Å². The molecule has 0 aliphatic rings. The summed E-state index contributed by atoms with van der Waals surface area (Å²) in [7, 11) is -0.601. The quantitative estimate of drug-likeness (QED) is 0.707. The van der Waals surface area contributed by atoms with Crippen molar-refractivity contribution in [2.24, 2.45) is 0 Å². The average Bonchev–Trinajstić information content (AvgIpc) is 2.29. The van der Waals surface area contributed by atoms with Crippen LogP contribution < -0.4 is 5.32 Å². The molecule has 0 saturated carbocycles. The molecule has 8 nitrogen and oxygen atoms in total. The molecular formula is C12H24N2O6S. The van der Waals surface area contributed by atoms with E-state index >= 15 is 0 Å². The number of nitrogens with one attached hydrogen (secondary N) is 1. The Morgan fingerprint density at radius 3 is 2.19 bits per heavy atom. The minimum absolute atomic E-state index is 0.0649. The fraction of sp³-hybridized carbons (Fsp3) is 0.833. The van der Waals surface area contributed by atoms with Crippen molar-refractivity contribution in [3.63, 3.8) is 0 Å². The van der Waals surface area contributed by atoms with Crippen molar-refractivity contribution in [1.29, 1.82) is 0 Å². The zero-order valence-corrected chi connectivity index (χ0v) is 14.1. The number of sulfone groups is 1. The van der Waals surface area contributed by atoms with Crippen LogP contribution in [0.2, 0.25) is 0 Å². The van der Waals surface area contributed by atoms with Gasteiger partial charge in [-0.3, -0.25) is 9.63 Å². The number of nitrogens with zero attached hydrogens (tertiary/aromatic N) is 1. The molecule has 0 aromatic carbocycles. The van der Waals surface area contributed by atoms with Crippen molar-refractivity contribution in [2.45, 2.75) is 38.8 Å². The number of amides is 2. The van der Waals surface area contributed by atoms with Crippen molar-refractivity contribution >= 4 is 21.8 Å². The van der Waals surface area contributed by atoms with Gasteiger partial charge in [-0.05, 0) is 27.2 Å². The van der Waals surface area contributed by atoms with Crippen LogP contribution in [0.25, 0.3) is 0 Å². The van der Waals surface area contributed by atoms with Gasteiger partial charge in [-0.25, -0.2) is 18.3 Å². The molecule has 1 N–H and O–H groups in total. The minimum atomic E-state index is -3.26. The maximum atomic E-state index is 12.0. The van der Waals surface area contributed by atoms with Crippen LogP contribution in [0.1, 0.15) is 27.2 Å². The summed E-state index contributed by atoms with van der Waals surface area (Å²) >= 11 is 0. The van der Waals surface area contributed by atoms with Gasteiger partial charge in [0, 0.05) is 13.3 Å². The van der Waals surface area contributed by atoms with Gasteiger partial charge in [0.05, 0.1) is 12.9 Å². The number of carbonyl (C=O) groups is 2. The highest BCUT2D eigenvalue weighted by atomic mass is 32.2. The molecule has 0 spiro atoms. The first kappa shape index (κ1) is 19.7. The monoisotopic (exact) mass is 324 g/mol. The van der Waals surface area contributed by atoms with Crippen molar-refractivity contribution in [2.75, 3.05) is 26.2 Å². The molecule has 0 saturated heterocycles. The normalized spacial score (nSPS) is 13.4. The van der Waals surface area contributed by atoms with Gasteiger partial charge in [0.25, 0.3) is 5.91 Å². The second kappa shape index (κ2) is 7.60. The molecule has 0 fully saturated rings. The molecule has 0 rings (SSSR count). The number of hydrogen-bond acceptors (Lipinski definition) is 6. The lowest BCUT2D eigenvalue weighted by atomic mass is 10.2. The van der Waals surface area contributed by atoms with E-state index in [0.717, 1.165) is 11.3 Å². The number of alkyl carbamates (subject to hydrolysis) is 1. The highest BCUT2D eigenvalue weighted by molar-refractivity contribution is 7.90. The van der Waals surface area contributed by atoms with Crippen LogP contribution in [0.3, 0.4) is 0 Å². The van der Waals surface area contributed by atoms with Crippen molar-refractivity contribution in [3.8, 4) is 0 Å². The maximum absolute atomic E-state index is 12.0. The third kappa shape index (κ3) is 9.24. The molecule has 0 radical (unpaired) electrons. The van der Waals surface area contributed by atoms with Gasteiger partial charge in [0.15, 0.2) is 0 Å². The van der Waals surface area contributed by atoms with E-state index in [1.807, 2.05) is 0 Å². The summed E-state index contributed by atoms with van der Waals surface area (Å²) in [6.45, 7) is 5.05. The van der Waals surface area contributed by atoms with E-state index in [0.29, 0.717) is 0 Å². The number of hydroxylamine groups is 2. The van der Waals surface area contributed by atoms with Crippen LogP contribution in [0.4, 0.5) is 4.79 Å². The molecule has 0 aromatic heterocycles. The molecular weight excluding hydrogens is 300 g/mol. The molecule has 9 heteroatoms. The molecule has 0 aliphatic carbocycles. The predicted octanol–water partition coefficient (Wildman–Crippen LogP) is 0.334. The molecule has 0 unspecified atom stereocenters. The van der Waals surface area contributed by atoms with Gasteiger partial charge in [0.2, 0.25) is 0 Å². The van der Waals surface area contributed by atoms with E-state index in [1.54, 1.807) is 20.8 Å². The van der Waals surface area contributed by atoms with E-state index in [-0.39, 0.29) is 12.2 Å². The molecule has 1 atom stereocenters. The summed E-state index contributed by atoms with van der Waals surface area (Å²) in [6, 6.07) is -1.04. The summed E-state index contributed by atoms with van der Waals surface area (Å²) in [5.41, 5.74) is -0.721. The van der Waals surface area contributed by atoms with Crippen LogP contribution >= 0.6 is 0 Å². The molecule has 2 amide bonds. The van der Waals surface area contributed by atoms with E-state index < -0.39 is 33.5 Å². The first-order valence-corrected chi connectivity index (χ1v) is 8.40. The second-order valence-electron chi connectivity index (χ2n) is 5.64. The van der Waals surface area contributed by atoms with E-state index in [9.17, 15) is 18.0 Å². The van der Waals surface area contributed by atoms with Crippen molar-refractivity contribution in [3.05, 3.63) is 0 Å². The number of likely N-dealkylation sites (N-methyl/N-ethyl adjacent to an activating group) is 1. The lowest BCUT2D eigenvalue weighted by Crippen LogP contribution is -2.49. The van der Waals surface area contributed by atoms with Crippen LogP contribution in [-0.4, -0.2) is 63.3 Å². The lowest BCUT2D eigenvalue weighted by molar-refractivity contribution is -0.171.